The molecule has 128 valence electrons. The first-order chi connectivity index (χ1) is 12.0. The standard InChI is InChI=1S/C17H15N3O5/c1-11-8-13(5-6-15(11)20(22)23)25-10-12-9-19-7-3-4-14(16(19)18-12)17(21)24-2/h3-9H,10H2,1-2H3. The van der Waals surface area contributed by atoms with Crippen LogP contribution < -0.4 is 4.74 Å². The number of benzene rings is 1. The maximum absolute atomic E-state index is 11.8. The van der Waals surface area contributed by atoms with Gasteiger partial charge in [-0.15, -0.1) is 0 Å². The van der Waals surface area contributed by atoms with Crippen LogP contribution in [0.25, 0.3) is 5.65 Å². The Balaban J connectivity index is 1.81. The van der Waals surface area contributed by atoms with Crippen molar-refractivity contribution in [2.75, 3.05) is 7.11 Å². The van der Waals surface area contributed by atoms with E-state index >= 15 is 0 Å². The minimum absolute atomic E-state index is 0.0443. The van der Waals surface area contributed by atoms with Crippen LogP contribution in [-0.4, -0.2) is 27.4 Å². The maximum Gasteiger partial charge on any atom is 0.341 e. The van der Waals surface area contributed by atoms with Gasteiger partial charge in [-0.1, -0.05) is 0 Å². The zero-order valence-electron chi connectivity index (χ0n) is 13.6. The summed E-state index contributed by atoms with van der Waals surface area (Å²) in [5, 5.41) is 10.8. The third-order valence-corrected chi connectivity index (χ3v) is 3.69. The van der Waals surface area contributed by atoms with Crippen molar-refractivity contribution in [2.24, 2.45) is 0 Å². The number of nitro benzene ring substituents is 1. The highest BCUT2D eigenvalue weighted by Gasteiger charge is 2.14. The van der Waals surface area contributed by atoms with Crippen LogP contribution in [0, 0.1) is 17.0 Å². The molecule has 0 unspecified atom stereocenters. The summed E-state index contributed by atoms with van der Waals surface area (Å²) in [5.41, 5.74) is 2.02. The quantitative estimate of drug-likeness (QED) is 0.402. The predicted octanol–water partition coefficient (Wildman–Crippen LogP) is 2.92. The number of esters is 1. The number of rotatable bonds is 5. The molecule has 0 saturated carbocycles. The van der Waals surface area contributed by atoms with Gasteiger partial charge in [-0.25, -0.2) is 9.78 Å². The molecule has 25 heavy (non-hydrogen) atoms. The number of carbonyl (C=O) groups is 1. The minimum Gasteiger partial charge on any atom is -0.487 e. The van der Waals surface area contributed by atoms with Crippen LogP contribution in [-0.2, 0) is 11.3 Å². The monoisotopic (exact) mass is 341 g/mol. The van der Waals surface area contributed by atoms with Crippen LogP contribution in [0.15, 0.2) is 42.7 Å². The molecule has 8 nitrogen and oxygen atoms in total. The summed E-state index contributed by atoms with van der Waals surface area (Å²) in [4.78, 5) is 26.6. The molecular weight excluding hydrogens is 326 g/mol. The molecule has 0 aliphatic heterocycles. The molecular formula is C17H15N3O5. The highest BCUT2D eigenvalue weighted by molar-refractivity contribution is 5.95. The van der Waals surface area contributed by atoms with E-state index in [1.54, 1.807) is 48.0 Å². The summed E-state index contributed by atoms with van der Waals surface area (Å²) in [6.45, 7) is 1.82. The normalized spacial score (nSPS) is 10.6. The molecule has 0 bridgehead atoms. The number of methoxy groups -OCH3 is 1. The number of nitro groups is 1. The van der Waals surface area contributed by atoms with Crippen molar-refractivity contribution in [1.82, 2.24) is 9.38 Å². The number of aryl methyl sites for hydroxylation is 1. The topological polar surface area (TPSA) is 96.0 Å². The van der Waals surface area contributed by atoms with Crippen molar-refractivity contribution < 1.29 is 19.2 Å². The third kappa shape index (κ3) is 3.27. The van der Waals surface area contributed by atoms with Crippen LogP contribution in [0.5, 0.6) is 5.75 Å². The van der Waals surface area contributed by atoms with Gasteiger partial charge in [0.05, 0.1) is 17.7 Å². The largest absolute Gasteiger partial charge is 0.487 e. The molecule has 1 aromatic carbocycles. The zero-order chi connectivity index (χ0) is 18.0. The summed E-state index contributed by atoms with van der Waals surface area (Å²) in [6.07, 6.45) is 3.52. The molecule has 0 saturated heterocycles. The molecule has 0 spiro atoms. The van der Waals surface area contributed by atoms with E-state index < -0.39 is 10.9 Å². The van der Waals surface area contributed by atoms with Gasteiger partial charge < -0.3 is 13.9 Å². The Morgan fingerprint density at radius 3 is 2.84 bits per heavy atom. The van der Waals surface area contributed by atoms with Gasteiger partial charge in [-0.3, -0.25) is 10.1 Å². The van der Waals surface area contributed by atoms with Gasteiger partial charge in [0.25, 0.3) is 5.69 Å². The Kier molecular flexibility index (Phi) is 4.34. The van der Waals surface area contributed by atoms with Crippen LogP contribution in [0.1, 0.15) is 21.6 Å². The highest BCUT2D eigenvalue weighted by atomic mass is 16.6. The Bertz CT molecular complexity index is 964. The molecule has 0 atom stereocenters. The second-order valence-electron chi connectivity index (χ2n) is 5.37. The maximum atomic E-state index is 11.8. The average Bonchev–Trinajstić information content (AvgIpc) is 3.02. The first-order valence-electron chi connectivity index (χ1n) is 7.42. The van der Waals surface area contributed by atoms with Crippen molar-refractivity contribution in [2.45, 2.75) is 13.5 Å². The van der Waals surface area contributed by atoms with E-state index in [1.165, 1.54) is 13.2 Å². The van der Waals surface area contributed by atoms with E-state index in [-0.39, 0.29) is 12.3 Å². The highest BCUT2D eigenvalue weighted by Crippen LogP contribution is 2.23. The van der Waals surface area contributed by atoms with E-state index in [4.69, 9.17) is 9.47 Å². The fourth-order valence-electron chi connectivity index (χ4n) is 2.48. The predicted molar refractivity (Wildman–Crippen MR) is 88.7 cm³/mol. The molecule has 0 fully saturated rings. The lowest BCUT2D eigenvalue weighted by Gasteiger charge is -2.05. The number of imidazole rings is 1. The smallest absolute Gasteiger partial charge is 0.341 e. The zero-order valence-corrected chi connectivity index (χ0v) is 13.6. The van der Waals surface area contributed by atoms with Gasteiger partial charge in [0.2, 0.25) is 0 Å². The SMILES string of the molecule is COC(=O)c1cccn2cc(COc3ccc([N+](=O)[O-])c(C)c3)nc12. The van der Waals surface area contributed by atoms with Gasteiger partial charge >= 0.3 is 5.97 Å². The van der Waals surface area contributed by atoms with E-state index in [1.807, 2.05) is 0 Å². The third-order valence-electron chi connectivity index (χ3n) is 3.69. The summed E-state index contributed by atoms with van der Waals surface area (Å²) in [6, 6.07) is 7.92. The van der Waals surface area contributed by atoms with Gasteiger partial charge in [-0.2, -0.15) is 0 Å². The van der Waals surface area contributed by atoms with E-state index in [0.717, 1.165) is 0 Å². The van der Waals surface area contributed by atoms with E-state index in [9.17, 15) is 14.9 Å². The summed E-state index contributed by atoms with van der Waals surface area (Å²) in [5.74, 6) is 0.0445. The lowest BCUT2D eigenvalue weighted by Crippen LogP contribution is -2.03. The van der Waals surface area contributed by atoms with Crippen molar-refractivity contribution >= 4 is 17.3 Å². The Labute approximate surface area is 142 Å². The number of fused-ring (bicyclic) bond motifs is 1. The fraction of sp³-hybridized carbons (Fsp3) is 0.176. The van der Waals surface area contributed by atoms with Crippen LogP contribution in [0.2, 0.25) is 0 Å². The van der Waals surface area contributed by atoms with E-state index in [0.29, 0.717) is 28.2 Å². The molecule has 2 heterocycles. The minimum atomic E-state index is -0.463. The first kappa shape index (κ1) is 16.4. The second-order valence-corrected chi connectivity index (χ2v) is 5.37. The summed E-state index contributed by atoms with van der Waals surface area (Å²) in [7, 11) is 1.32. The molecule has 8 heteroatoms. The first-order valence-corrected chi connectivity index (χ1v) is 7.42. The van der Waals surface area contributed by atoms with Crippen molar-refractivity contribution in [3.05, 3.63) is 69.7 Å². The Hall–Kier alpha value is -3.42. The molecule has 2 aromatic heterocycles. The number of pyridine rings is 1. The van der Waals surface area contributed by atoms with Gasteiger partial charge in [-0.05, 0) is 31.2 Å². The number of hydrogen-bond acceptors (Lipinski definition) is 6. The number of ether oxygens (including phenoxy) is 2. The number of hydrogen-bond donors (Lipinski definition) is 0. The second kappa shape index (κ2) is 6.60. The molecule has 3 aromatic rings. The molecule has 0 N–H and O–H groups in total. The molecule has 0 amide bonds. The van der Waals surface area contributed by atoms with Crippen LogP contribution in [0.4, 0.5) is 5.69 Å². The lowest BCUT2D eigenvalue weighted by molar-refractivity contribution is -0.385. The van der Waals surface area contributed by atoms with Gasteiger partial charge in [0.1, 0.15) is 17.9 Å². The van der Waals surface area contributed by atoms with Crippen molar-refractivity contribution in [1.29, 1.82) is 0 Å². The van der Waals surface area contributed by atoms with Crippen molar-refractivity contribution in [3.8, 4) is 5.75 Å². The number of carbonyl (C=O) groups excluding carboxylic acids is 1. The molecule has 0 aliphatic carbocycles. The lowest BCUT2D eigenvalue weighted by atomic mass is 10.2. The number of aromatic nitrogens is 2. The molecule has 0 radical (unpaired) electrons. The molecule has 0 aliphatic rings. The van der Waals surface area contributed by atoms with Gasteiger partial charge in [0, 0.05) is 24.0 Å². The van der Waals surface area contributed by atoms with Crippen molar-refractivity contribution in [3.63, 3.8) is 0 Å². The van der Waals surface area contributed by atoms with Crippen LogP contribution >= 0.6 is 0 Å². The molecule has 3 rings (SSSR count). The Morgan fingerprint density at radius 2 is 2.16 bits per heavy atom. The summed E-state index contributed by atoms with van der Waals surface area (Å²) >= 11 is 0. The average molecular weight is 341 g/mol. The van der Waals surface area contributed by atoms with Gasteiger partial charge in [0.15, 0.2) is 5.65 Å². The van der Waals surface area contributed by atoms with Crippen LogP contribution in [0.3, 0.4) is 0 Å². The summed E-state index contributed by atoms with van der Waals surface area (Å²) < 4.78 is 12.1. The fourth-order valence-corrected chi connectivity index (χ4v) is 2.48. The van der Waals surface area contributed by atoms with E-state index in [2.05, 4.69) is 4.98 Å². The Morgan fingerprint density at radius 1 is 1.36 bits per heavy atom. The number of nitrogens with zero attached hydrogens (tertiary/aromatic N) is 3.